The molecule has 4 aromatic rings. The molecule has 1 atom stereocenters. The highest BCUT2D eigenvalue weighted by molar-refractivity contribution is 6.01. The number of nitrogens with zero attached hydrogens (tertiary/aromatic N) is 5. The van der Waals surface area contributed by atoms with E-state index in [1.165, 1.54) is 15.7 Å². The number of nitrogens with two attached hydrogens (primary N) is 2. The molecule has 1 fully saturated rings. The van der Waals surface area contributed by atoms with Gasteiger partial charge in [-0.25, -0.2) is 4.79 Å². The first kappa shape index (κ1) is 28.6. The number of H-pyrrole nitrogens is 2. The standard InChI is InChI=1S/C29H33N9O4/c1-37-16-23(27(40)32-29(37)42)19-6-2-17(3-7-19)14-24(25(31)39)38(28(41)21-8-4-18(15-30)5-9-21)22-12-10-20(11-13-22)26-33-35-36-34-26/h2-3,6-7,10-13,16,18,21,24H,4-5,8-9,14-15,30H2,1H3,(H2,31,39)(H,32,40,42)(H,33,34,35,36)/t18?,21?,24-/m0/s1. The summed E-state index contributed by atoms with van der Waals surface area (Å²) in [7, 11) is 1.55. The molecule has 6 N–H and O–H groups in total. The average Bonchev–Trinajstić information content (AvgIpc) is 3.54. The molecule has 1 aliphatic rings. The molecule has 13 heteroatoms. The van der Waals surface area contributed by atoms with Crippen LogP contribution in [0.2, 0.25) is 0 Å². The number of nitrogens with one attached hydrogen (secondary N) is 2. The Labute approximate surface area is 240 Å². The number of anilines is 1. The second-order valence-corrected chi connectivity index (χ2v) is 10.7. The van der Waals surface area contributed by atoms with E-state index in [1.54, 1.807) is 55.6 Å². The molecular formula is C29H33N9O4. The van der Waals surface area contributed by atoms with Crippen LogP contribution in [0.3, 0.4) is 0 Å². The van der Waals surface area contributed by atoms with Crippen molar-refractivity contribution < 1.29 is 9.59 Å². The van der Waals surface area contributed by atoms with Crippen molar-refractivity contribution >= 4 is 17.5 Å². The third-order valence-corrected chi connectivity index (χ3v) is 7.96. The Balaban J connectivity index is 1.45. The van der Waals surface area contributed by atoms with Gasteiger partial charge in [0.1, 0.15) is 6.04 Å². The van der Waals surface area contributed by atoms with Crippen LogP contribution in [0.1, 0.15) is 31.2 Å². The van der Waals surface area contributed by atoms with Gasteiger partial charge in [-0.05, 0) is 78.8 Å². The van der Waals surface area contributed by atoms with Crippen molar-refractivity contribution in [2.24, 2.45) is 30.4 Å². The smallest absolute Gasteiger partial charge is 0.328 e. The van der Waals surface area contributed by atoms with Crippen LogP contribution in [0.15, 0.2) is 64.3 Å². The SMILES string of the molecule is Cn1cc(-c2ccc(C[C@@H](C(N)=O)N(C(=O)C3CCC(CN)CC3)c3ccc(-c4nn[nH]n4)cc3)cc2)c(=O)[nH]c1=O. The molecule has 0 aliphatic heterocycles. The number of aromatic nitrogens is 6. The number of aromatic amines is 2. The molecule has 0 saturated heterocycles. The zero-order valence-electron chi connectivity index (χ0n) is 23.2. The van der Waals surface area contributed by atoms with Crippen molar-refractivity contribution in [2.75, 3.05) is 11.4 Å². The van der Waals surface area contributed by atoms with Crippen LogP contribution in [0.25, 0.3) is 22.5 Å². The molecular weight excluding hydrogens is 538 g/mol. The van der Waals surface area contributed by atoms with E-state index in [4.69, 9.17) is 11.5 Å². The molecule has 218 valence electrons. The first-order chi connectivity index (χ1) is 20.2. The summed E-state index contributed by atoms with van der Waals surface area (Å²) < 4.78 is 1.29. The Bertz CT molecular complexity index is 1650. The molecule has 0 spiro atoms. The van der Waals surface area contributed by atoms with E-state index in [0.29, 0.717) is 53.5 Å². The predicted molar refractivity (Wildman–Crippen MR) is 156 cm³/mol. The molecule has 2 amide bonds. The number of carbonyl (C=O) groups is 2. The van der Waals surface area contributed by atoms with E-state index in [-0.39, 0.29) is 18.2 Å². The van der Waals surface area contributed by atoms with Gasteiger partial charge in [-0.3, -0.25) is 24.3 Å². The van der Waals surface area contributed by atoms with E-state index >= 15 is 0 Å². The van der Waals surface area contributed by atoms with E-state index < -0.39 is 23.2 Å². The van der Waals surface area contributed by atoms with Crippen LogP contribution in [0.4, 0.5) is 5.69 Å². The molecule has 1 saturated carbocycles. The number of carbonyl (C=O) groups excluding carboxylic acids is 2. The molecule has 2 heterocycles. The van der Waals surface area contributed by atoms with Gasteiger partial charge < -0.3 is 16.0 Å². The Hall–Kier alpha value is -4.91. The number of hydrogen-bond acceptors (Lipinski definition) is 8. The third-order valence-electron chi connectivity index (χ3n) is 7.96. The van der Waals surface area contributed by atoms with Gasteiger partial charge in [0.2, 0.25) is 17.6 Å². The maximum atomic E-state index is 14.1. The Morgan fingerprint density at radius 2 is 1.69 bits per heavy atom. The van der Waals surface area contributed by atoms with Crippen LogP contribution in [-0.2, 0) is 23.1 Å². The van der Waals surface area contributed by atoms with E-state index in [2.05, 4.69) is 25.6 Å². The van der Waals surface area contributed by atoms with Gasteiger partial charge in [0, 0.05) is 36.8 Å². The summed E-state index contributed by atoms with van der Waals surface area (Å²) in [6, 6.07) is 13.1. The number of benzene rings is 2. The minimum Gasteiger partial charge on any atom is -0.368 e. The molecule has 2 aromatic heterocycles. The van der Waals surface area contributed by atoms with E-state index in [9.17, 15) is 19.2 Å². The second kappa shape index (κ2) is 12.3. The molecule has 42 heavy (non-hydrogen) atoms. The Morgan fingerprint density at radius 3 is 2.29 bits per heavy atom. The maximum absolute atomic E-state index is 14.1. The fourth-order valence-corrected chi connectivity index (χ4v) is 5.49. The molecule has 2 aromatic carbocycles. The number of hydrogen-bond donors (Lipinski definition) is 4. The zero-order chi connectivity index (χ0) is 29.8. The van der Waals surface area contributed by atoms with Crippen molar-refractivity contribution in [3.63, 3.8) is 0 Å². The fraction of sp³-hybridized carbons (Fsp3) is 0.345. The van der Waals surface area contributed by atoms with E-state index in [0.717, 1.165) is 18.4 Å². The van der Waals surface area contributed by atoms with Crippen molar-refractivity contribution in [1.82, 2.24) is 30.2 Å². The lowest BCUT2D eigenvalue weighted by atomic mass is 9.81. The van der Waals surface area contributed by atoms with Crippen LogP contribution >= 0.6 is 0 Å². The number of amides is 2. The monoisotopic (exact) mass is 571 g/mol. The second-order valence-electron chi connectivity index (χ2n) is 10.7. The van der Waals surface area contributed by atoms with Crippen LogP contribution in [0, 0.1) is 11.8 Å². The summed E-state index contributed by atoms with van der Waals surface area (Å²) in [5.41, 5.74) is 13.7. The molecule has 5 rings (SSSR count). The average molecular weight is 572 g/mol. The Morgan fingerprint density at radius 1 is 1.02 bits per heavy atom. The third kappa shape index (κ3) is 6.05. The van der Waals surface area contributed by atoms with Gasteiger partial charge >= 0.3 is 5.69 Å². The number of primary amides is 1. The van der Waals surface area contributed by atoms with Gasteiger partial charge in [-0.2, -0.15) is 5.21 Å². The van der Waals surface area contributed by atoms with Gasteiger partial charge in [-0.15, -0.1) is 10.2 Å². The lowest BCUT2D eigenvalue weighted by molar-refractivity contribution is -0.127. The largest absolute Gasteiger partial charge is 0.368 e. The van der Waals surface area contributed by atoms with E-state index in [1.807, 2.05) is 0 Å². The molecule has 0 unspecified atom stereocenters. The predicted octanol–water partition coefficient (Wildman–Crippen LogP) is 1.12. The molecule has 13 nitrogen and oxygen atoms in total. The Kier molecular flexibility index (Phi) is 8.38. The summed E-state index contributed by atoms with van der Waals surface area (Å²) in [5, 5.41) is 14.0. The fourth-order valence-electron chi connectivity index (χ4n) is 5.49. The van der Waals surface area contributed by atoms with Crippen LogP contribution in [0.5, 0.6) is 0 Å². The lowest BCUT2D eigenvalue weighted by Crippen LogP contribution is -2.52. The van der Waals surface area contributed by atoms with Crippen molar-refractivity contribution in [3.05, 3.63) is 81.1 Å². The summed E-state index contributed by atoms with van der Waals surface area (Å²) in [4.78, 5) is 54.9. The van der Waals surface area contributed by atoms with Crippen molar-refractivity contribution in [2.45, 2.75) is 38.1 Å². The first-order valence-electron chi connectivity index (χ1n) is 13.8. The summed E-state index contributed by atoms with van der Waals surface area (Å²) in [6.07, 6.45) is 4.71. The topological polar surface area (TPSA) is 199 Å². The molecule has 1 aliphatic carbocycles. The van der Waals surface area contributed by atoms with Crippen molar-refractivity contribution in [1.29, 1.82) is 0 Å². The van der Waals surface area contributed by atoms with Gasteiger partial charge in [0.15, 0.2) is 0 Å². The normalized spacial score (nSPS) is 17.5. The van der Waals surface area contributed by atoms with Crippen molar-refractivity contribution in [3.8, 4) is 22.5 Å². The highest BCUT2D eigenvalue weighted by atomic mass is 16.2. The number of aryl methyl sites for hydroxylation is 1. The quantitative estimate of drug-likeness (QED) is 0.229. The molecule has 0 radical (unpaired) electrons. The number of tetrazole rings is 1. The summed E-state index contributed by atoms with van der Waals surface area (Å²) in [5.74, 6) is -0.259. The molecule has 0 bridgehead atoms. The maximum Gasteiger partial charge on any atom is 0.328 e. The lowest BCUT2D eigenvalue weighted by Gasteiger charge is -2.35. The van der Waals surface area contributed by atoms with Gasteiger partial charge in [0.05, 0.1) is 5.56 Å². The summed E-state index contributed by atoms with van der Waals surface area (Å²) in [6.45, 7) is 0.591. The highest BCUT2D eigenvalue weighted by Crippen LogP contribution is 2.33. The minimum atomic E-state index is -0.965. The zero-order valence-corrected chi connectivity index (χ0v) is 23.2. The highest BCUT2D eigenvalue weighted by Gasteiger charge is 2.36. The minimum absolute atomic E-state index is 0.157. The number of rotatable bonds is 9. The van der Waals surface area contributed by atoms with Crippen LogP contribution in [-0.4, -0.2) is 54.6 Å². The van der Waals surface area contributed by atoms with Gasteiger partial charge in [0.25, 0.3) is 5.56 Å². The summed E-state index contributed by atoms with van der Waals surface area (Å²) >= 11 is 0. The first-order valence-corrected chi connectivity index (χ1v) is 13.8. The van der Waals surface area contributed by atoms with Gasteiger partial charge in [-0.1, -0.05) is 24.3 Å². The van der Waals surface area contributed by atoms with Crippen LogP contribution < -0.4 is 27.6 Å².